The first-order valence-electron chi connectivity index (χ1n) is 9.18. The lowest BCUT2D eigenvalue weighted by Gasteiger charge is -2.39. The van der Waals surface area contributed by atoms with Gasteiger partial charge in [-0.25, -0.2) is 4.79 Å². The molecule has 1 amide bonds. The summed E-state index contributed by atoms with van der Waals surface area (Å²) in [7, 11) is 0. The Kier molecular flexibility index (Phi) is 6.67. The number of nitrogens with one attached hydrogen (secondary N) is 2. The van der Waals surface area contributed by atoms with Gasteiger partial charge in [0.25, 0.3) is 0 Å². The van der Waals surface area contributed by atoms with E-state index < -0.39 is 5.60 Å². The molecule has 0 radical (unpaired) electrons. The Morgan fingerprint density at radius 3 is 2.46 bits per heavy atom. The highest BCUT2D eigenvalue weighted by molar-refractivity contribution is 5.68. The van der Waals surface area contributed by atoms with Crippen molar-refractivity contribution >= 4 is 6.09 Å². The molecule has 0 spiro atoms. The number of rotatable bonds is 7. The third-order valence-electron chi connectivity index (χ3n) is 4.34. The summed E-state index contributed by atoms with van der Waals surface area (Å²) in [5.74, 6) is 0. The van der Waals surface area contributed by atoms with Gasteiger partial charge in [0.05, 0.1) is 0 Å². The van der Waals surface area contributed by atoms with E-state index in [1.165, 1.54) is 18.4 Å². The lowest BCUT2D eigenvalue weighted by molar-refractivity contribution is 0.0462. The maximum absolute atomic E-state index is 11.8. The van der Waals surface area contributed by atoms with E-state index in [4.69, 9.17) is 4.74 Å². The highest BCUT2D eigenvalue weighted by Crippen LogP contribution is 2.27. The van der Waals surface area contributed by atoms with Crippen LogP contribution in [0.4, 0.5) is 4.79 Å². The van der Waals surface area contributed by atoms with Crippen LogP contribution in [-0.2, 0) is 4.74 Å². The fourth-order valence-corrected chi connectivity index (χ4v) is 3.07. The molecule has 0 bridgehead atoms. The standard InChI is InChI=1S/C20H32N2O2/c1-5-6-12-18(15-10-8-7-9-11-15)21-16-13-17(14-16)22-19(23)24-20(2,3)4/h7-11,16-18,21H,5-6,12-14H2,1-4H3,(H,22,23). The minimum atomic E-state index is -0.440. The molecule has 2 rings (SSSR count). The lowest BCUT2D eigenvalue weighted by atomic mass is 9.85. The van der Waals surface area contributed by atoms with Crippen LogP contribution in [0.25, 0.3) is 0 Å². The van der Waals surface area contributed by atoms with E-state index in [9.17, 15) is 4.79 Å². The number of carbonyl (C=O) groups excluding carboxylic acids is 1. The summed E-state index contributed by atoms with van der Waals surface area (Å²) >= 11 is 0. The van der Waals surface area contributed by atoms with Crippen LogP contribution >= 0.6 is 0 Å². The van der Waals surface area contributed by atoms with Gasteiger partial charge in [-0.1, -0.05) is 50.1 Å². The van der Waals surface area contributed by atoms with E-state index in [0.717, 1.165) is 19.3 Å². The van der Waals surface area contributed by atoms with Crippen LogP contribution in [0.2, 0.25) is 0 Å². The summed E-state index contributed by atoms with van der Waals surface area (Å²) < 4.78 is 5.31. The smallest absolute Gasteiger partial charge is 0.407 e. The van der Waals surface area contributed by atoms with Gasteiger partial charge in [-0.3, -0.25) is 0 Å². The second-order valence-corrected chi connectivity index (χ2v) is 7.78. The highest BCUT2D eigenvalue weighted by atomic mass is 16.6. The fraction of sp³-hybridized carbons (Fsp3) is 0.650. The molecule has 24 heavy (non-hydrogen) atoms. The Hall–Kier alpha value is -1.55. The molecule has 0 aliphatic heterocycles. The van der Waals surface area contributed by atoms with E-state index in [0.29, 0.717) is 12.1 Å². The van der Waals surface area contributed by atoms with Crippen LogP contribution in [0.15, 0.2) is 30.3 Å². The van der Waals surface area contributed by atoms with Crippen LogP contribution in [-0.4, -0.2) is 23.8 Å². The molecule has 0 saturated heterocycles. The minimum Gasteiger partial charge on any atom is -0.444 e. The van der Waals surface area contributed by atoms with Gasteiger partial charge in [0.15, 0.2) is 0 Å². The summed E-state index contributed by atoms with van der Waals surface area (Å²) in [5.41, 5.74) is 0.916. The number of hydrogen-bond acceptors (Lipinski definition) is 3. The summed E-state index contributed by atoms with van der Waals surface area (Å²) in [6.07, 6.45) is 5.21. The van der Waals surface area contributed by atoms with E-state index in [1.54, 1.807) is 0 Å². The third-order valence-corrected chi connectivity index (χ3v) is 4.34. The van der Waals surface area contributed by atoms with Crippen LogP contribution in [0.5, 0.6) is 0 Å². The van der Waals surface area contributed by atoms with Crippen molar-refractivity contribution in [2.45, 2.75) is 83.5 Å². The van der Waals surface area contributed by atoms with Crippen molar-refractivity contribution in [2.24, 2.45) is 0 Å². The molecule has 1 fully saturated rings. The largest absolute Gasteiger partial charge is 0.444 e. The SMILES string of the molecule is CCCCC(NC1CC(NC(=O)OC(C)(C)C)C1)c1ccccc1. The predicted octanol–water partition coefficient (Wildman–Crippen LogP) is 4.56. The molecule has 1 aromatic rings. The third kappa shape index (κ3) is 6.16. The van der Waals surface area contributed by atoms with Crippen molar-refractivity contribution in [1.29, 1.82) is 0 Å². The van der Waals surface area contributed by atoms with Gasteiger partial charge in [-0.2, -0.15) is 0 Å². The summed E-state index contributed by atoms with van der Waals surface area (Å²) in [5, 5.41) is 6.72. The normalized spacial score (nSPS) is 21.7. The maximum Gasteiger partial charge on any atom is 0.407 e. The van der Waals surface area contributed by atoms with Crippen molar-refractivity contribution in [1.82, 2.24) is 10.6 Å². The highest BCUT2D eigenvalue weighted by Gasteiger charge is 2.32. The average Bonchev–Trinajstić information content (AvgIpc) is 2.47. The molecule has 0 heterocycles. The molecule has 4 nitrogen and oxygen atoms in total. The number of amides is 1. The Morgan fingerprint density at radius 2 is 1.88 bits per heavy atom. The first-order chi connectivity index (χ1) is 11.4. The number of hydrogen-bond donors (Lipinski definition) is 2. The topological polar surface area (TPSA) is 50.4 Å². The molecule has 0 aromatic heterocycles. The van der Waals surface area contributed by atoms with Gasteiger partial charge in [-0.05, 0) is 45.6 Å². The zero-order valence-electron chi connectivity index (χ0n) is 15.5. The molecule has 1 unspecified atom stereocenters. The lowest BCUT2D eigenvalue weighted by Crippen LogP contribution is -2.53. The first kappa shape index (κ1) is 18.8. The van der Waals surface area contributed by atoms with Gasteiger partial charge in [0.2, 0.25) is 0 Å². The number of benzene rings is 1. The Bertz CT molecular complexity index is 504. The van der Waals surface area contributed by atoms with Crippen molar-refractivity contribution in [3.63, 3.8) is 0 Å². The molecule has 1 aliphatic rings. The van der Waals surface area contributed by atoms with E-state index in [-0.39, 0.29) is 12.1 Å². The molecular formula is C20H32N2O2. The van der Waals surface area contributed by atoms with Crippen LogP contribution < -0.4 is 10.6 Å². The van der Waals surface area contributed by atoms with E-state index >= 15 is 0 Å². The van der Waals surface area contributed by atoms with Gasteiger partial charge < -0.3 is 15.4 Å². The quantitative estimate of drug-likeness (QED) is 0.769. The molecule has 1 aromatic carbocycles. The van der Waals surface area contributed by atoms with Crippen molar-refractivity contribution in [2.75, 3.05) is 0 Å². The van der Waals surface area contributed by atoms with E-state index in [1.807, 2.05) is 20.8 Å². The summed E-state index contributed by atoms with van der Waals surface area (Å²) in [6.45, 7) is 7.88. The molecule has 1 saturated carbocycles. The fourth-order valence-electron chi connectivity index (χ4n) is 3.07. The second-order valence-electron chi connectivity index (χ2n) is 7.78. The van der Waals surface area contributed by atoms with Crippen LogP contribution in [0.3, 0.4) is 0 Å². The Balaban J connectivity index is 1.78. The van der Waals surface area contributed by atoms with Gasteiger partial charge >= 0.3 is 6.09 Å². The molecule has 1 atom stereocenters. The number of unbranched alkanes of at least 4 members (excludes halogenated alkanes) is 1. The molecule has 4 heteroatoms. The number of carbonyl (C=O) groups is 1. The van der Waals surface area contributed by atoms with Crippen molar-refractivity contribution in [3.8, 4) is 0 Å². The summed E-state index contributed by atoms with van der Waals surface area (Å²) in [4.78, 5) is 11.8. The monoisotopic (exact) mass is 332 g/mol. The van der Waals surface area contributed by atoms with Crippen molar-refractivity contribution < 1.29 is 9.53 Å². The van der Waals surface area contributed by atoms with Crippen LogP contribution in [0, 0.1) is 0 Å². The van der Waals surface area contributed by atoms with Gasteiger partial charge in [0.1, 0.15) is 5.60 Å². The molecule has 2 N–H and O–H groups in total. The van der Waals surface area contributed by atoms with E-state index in [2.05, 4.69) is 47.9 Å². The number of alkyl carbamates (subject to hydrolysis) is 1. The maximum atomic E-state index is 11.8. The average molecular weight is 332 g/mol. The summed E-state index contributed by atoms with van der Waals surface area (Å²) in [6, 6.07) is 11.7. The first-order valence-corrected chi connectivity index (χ1v) is 9.18. The minimum absolute atomic E-state index is 0.222. The Labute approximate surface area is 146 Å². The second kappa shape index (κ2) is 8.52. The van der Waals surface area contributed by atoms with Crippen molar-refractivity contribution in [3.05, 3.63) is 35.9 Å². The van der Waals surface area contributed by atoms with Gasteiger partial charge in [-0.15, -0.1) is 0 Å². The van der Waals surface area contributed by atoms with Gasteiger partial charge in [0, 0.05) is 18.1 Å². The predicted molar refractivity (Wildman–Crippen MR) is 98.0 cm³/mol. The van der Waals surface area contributed by atoms with Crippen LogP contribution in [0.1, 0.15) is 71.4 Å². The Morgan fingerprint density at radius 1 is 1.21 bits per heavy atom. The molecule has 134 valence electrons. The molecular weight excluding hydrogens is 300 g/mol. The number of ether oxygens (including phenoxy) is 1. The zero-order valence-corrected chi connectivity index (χ0v) is 15.5. The molecule has 1 aliphatic carbocycles. The zero-order chi connectivity index (χ0) is 17.6.